The van der Waals surface area contributed by atoms with Gasteiger partial charge >= 0.3 is 0 Å². The van der Waals surface area contributed by atoms with E-state index in [1.807, 2.05) is 0 Å². The van der Waals surface area contributed by atoms with Crippen LogP contribution in [0.1, 0.15) is 19.8 Å². The normalized spacial score (nSPS) is 24.9. The Morgan fingerprint density at radius 1 is 1.62 bits per heavy atom. The molecule has 1 atom stereocenters. The molecule has 3 heteroatoms. The van der Waals surface area contributed by atoms with E-state index in [2.05, 4.69) is 18.7 Å². The third-order valence-electron chi connectivity index (χ3n) is 2.24. The summed E-state index contributed by atoms with van der Waals surface area (Å²) in [5.41, 5.74) is 0. The van der Waals surface area contributed by atoms with Gasteiger partial charge in [0.05, 0.1) is 6.61 Å². The molecule has 0 saturated carbocycles. The molecular formula is C10H20NO2. The number of nitrogens with zero attached hydrogens (tertiary/aromatic N) is 1. The second-order valence-corrected chi connectivity index (χ2v) is 3.33. The van der Waals surface area contributed by atoms with Gasteiger partial charge in [0.1, 0.15) is 0 Å². The molecule has 1 aliphatic heterocycles. The highest BCUT2D eigenvalue weighted by molar-refractivity contribution is 4.65. The van der Waals surface area contributed by atoms with Crippen molar-refractivity contribution < 1.29 is 9.47 Å². The van der Waals surface area contributed by atoms with E-state index >= 15 is 0 Å². The molecule has 1 heterocycles. The Bertz CT molecular complexity index is 130. The average molecular weight is 186 g/mol. The van der Waals surface area contributed by atoms with E-state index in [1.54, 1.807) is 0 Å². The van der Waals surface area contributed by atoms with Gasteiger partial charge in [-0.1, -0.05) is 13.3 Å². The lowest BCUT2D eigenvalue weighted by Crippen LogP contribution is -2.43. The van der Waals surface area contributed by atoms with Crippen LogP contribution in [0.15, 0.2) is 0 Å². The molecule has 1 fully saturated rings. The van der Waals surface area contributed by atoms with Gasteiger partial charge in [0.15, 0.2) is 6.29 Å². The molecular weight excluding hydrogens is 166 g/mol. The minimum atomic E-state index is -0.0259. The maximum absolute atomic E-state index is 5.56. The van der Waals surface area contributed by atoms with E-state index in [4.69, 9.17) is 9.47 Å². The highest BCUT2D eigenvalue weighted by Gasteiger charge is 2.18. The van der Waals surface area contributed by atoms with Gasteiger partial charge in [-0.25, -0.2) is 0 Å². The molecule has 1 aliphatic rings. The Kier molecular flexibility index (Phi) is 5.35. The standard InChI is InChI=1S/C10H20NO2/c1-3-5-7-12-10-9-11(4-2)6-8-13-10/h10H,2-9H2,1H3. The van der Waals surface area contributed by atoms with Crippen LogP contribution in [0, 0.1) is 6.92 Å². The molecule has 1 radical (unpaired) electrons. The molecule has 0 N–H and O–H groups in total. The van der Waals surface area contributed by atoms with Crippen molar-refractivity contribution in [3.63, 3.8) is 0 Å². The first-order valence-corrected chi connectivity index (χ1v) is 5.11. The van der Waals surface area contributed by atoms with Crippen LogP contribution < -0.4 is 0 Å². The summed E-state index contributed by atoms with van der Waals surface area (Å²) in [5, 5.41) is 0. The average Bonchev–Trinajstić information content (AvgIpc) is 2.19. The van der Waals surface area contributed by atoms with E-state index in [-0.39, 0.29) is 6.29 Å². The fourth-order valence-corrected chi connectivity index (χ4v) is 1.33. The Hall–Kier alpha value is -0.120. The monoisotopic (exact) mass is 186 g/mol. The molecule has 0 spiro atoms. The zero-order valence-corrected chi connectivity index (χ0v) is 8.50. The van der Waals surface area contributed by atoms with E-state index in [9.17, 15) is 0 Å². The Balaban J connectivity index is 2.11. The van der Waals surface area contributed by atoms with Crippen LogP contribution in [-0.4, -0.2) is 44.0 Å². The van der Waals surface area contributed by atoms with Crippen molar-refractivity contribution in [2.24, 2.45) is 0 Å². The minimum absolute atomic E-state index is 0.0259. The number of rotatable bonds is 5. The van der Waals surface area contributed by atoms with Crippen molar-refractivity contribution in [3.8, 4) is 0 Å². The molecule has 3 nitrogen and oxygen atoms in total. The van der Waals surface area contributed by atoms with Crippen LogP contribution in [0.4, 0.5) is 0 Å². The second-order valence-electron chi connectivity index (χ2n) is 3.33. The topological polar surface area (TPSA) is 21.7 Å². The fourth-order valence-electron chi connectivity index (χ4n) is 1.33. The molecule has 1 unspecified atom stereocenters. The lowest BCUT2D eigenvalue weighted by Gasteiger charge is -2.31. The summed E-state index contributed by atoms with van der Waals surface area (Å²) in [6.45, 7) is 10.3. The quantitative estimate of drug-likeness (QED) is 0.604. The van der Waals surface area contributed by atoms with Crippen LogP contribution >= 0.6 is 0 Å². The van der Waals surface area contributed by atoms with Gasteiger partial charge in [-0.05, 0) is 19.9 Å². The summed E-state index contributed by atoms with van der Waals surface area (Å²) < 4.78 is 11.0. The van der Waals surface area contributed by atoms with Gasteiger partial charge in [0.25, 0.3) is 0 Å². The number of ether oxygens (including phenoxy) is 2. The van der Waals surface area contributed by atoms with Crippen molar-refractivity contribution in [2.45, 2.75) is 26.1 Å². The number of hydrogen-bond donors (Lipinski definition) is 0. The minimum Gasteiger partial charge on any atom is -0.351 e. The Labute approximate surface area is 81.0 Å². The van der Waals surface area contributed by atoms with E-state index in [0.29, 0.717) is 0 Å². The maximum Gasteiger partial charge on any atom is 0.170 e. The maximum atomic E-state index is 5.56. The lowest BCUT2D eigenvalue weighted by atomic mass is 10.3. The molecule has 77 valence electrons. The number of morpholine rings is 1. The highest BCUT2D eigenvalue weighted by Crippen LogP contribution is 2.06. The van der Waals surface area contributed by atoms with Crippen molar-refractivity contribution in [1.29, 1.82) is 0 Å². The van der Waals surface area contributed by atoms with Gasteiger partial charge < -0.3 is 9.47 Å². The van der Waals surface area contributed by atoms with Gasteiger partial charge in [-0.3, -0.25) is 4.90 Å². The van der Waals surface area contributed by atoms with Crippen molar-refractivity contribution >= 4 is 0 Å². The first-order valence-electron chi connectivity index (χ1n) is 5.11. The molecule has 0 aliphatic carbocycles. The highest BCUT2D eigenvalue weighted by atomic mass is 16.7. The summed E-state index contributed by atoms with van der Waals surface area (Å²) in [6, 6.07) is 0. The van der Waals surface area contributed by atoms with E-state index in [1.165, 1.54) is 6.42 Å². The molecule has 0 aromatic heterocycles. The third-order valence-corrected chi connectivity index (χ3v) is 2.24. The summed E-state index contributed by atoms with van der Waals surface area (Å²) in [7, 11) is 0. The van der Waals surface area contributed by atoms with Crippen LogP contribution in [0.2, 0.25) is 0 Å². The summed E-state index contributed by atoms with van der Waals surface area (Å²) in [5.74, 6) is 0. The molecule has 13 heavy (non-hydrogen) atoms. The first kappa shape index (κ1) is 11.0. The van der Waals surface area contributed by atoms with E-state index in [0.717, 1.165) is 39.3 Å². The van der Waals surface area contributed by atoms with Gasteiger partial charge in [0.2, 0.25) is 0 Å². The molecule has 0 aromatic carbocycles. The van der Waals surface area contributed by atoms with Crippen LogP contribution in [0.5, 0.6) is 0 Å². The largest absolute Gasteiger partial charge is 0.351 e. The predicted octanol–water partition coefficient (Wildman–Crippen LogP) is 1.30. The van der Waals surface area contributed by atoms with Gasteiger partial charge in [-0.2, -0.15) is 0 Å². The van der Waals surface area contributed by atoms with Gasteiger partial charge in [-0.15, -0.1) is 0 Å². The van der Waals surface area contributed by atoms with Crippen LogP contribution in [-0.2, 0) is 9.47 Å². The number of unbranched alkanes of at least 4 members (excludes halogenated alkanes) is 1. The molecule has 0 aromatic rings. The lowest BCUT2D eigenvalue weighted by molar-refractivity contribution is -0.178. The SMILES string of the molecule is [CH2]CN1CCOC(OCCCC)C1. The summed E-state index contributed by atoms with van der Waals surface area (Å²) in [6.07, 6.45) is 2.26. The van der Waals surface area contributed by atoms with Gasteiger partial charge in [0, 0.05) is 19.7 Å². The number of hydrogen-bond acceptors (Lipinski definition) is 3. The smallest absolute Gasteiger partial charge is 0.170 e. The molecule has 1 rings (SSSR count). The Morgan fingerprint density at radius 2 is 2.46 bits per heavy atom. The molecule has 0 amide bonds. The van der Waals surface area contributed by atoms with Crippen LogP contribution in [0.3, 0.4) is 0 Å². The predicted molar refractivity (Wildman–Crippen MR) is 52.4 cm³/mol. The molecule has 0 bridgehead atoms. The van der Waals surface area contributed by atoms with Crippen molar-refractivity contribution in [2.75, 3.05) is 32.8 Å². The summed E-state index contributed by atoms with van der Waals surface area (Å²) >= 11 is 0. The fraction of sp³-hybridized carbons (Fsp3) is 0.900. The summed E-state index contributed by atoms with van der Waals surface area (Å²) in [4.78, 5) is 2.25. The second kappa shape index (κ2) is 6.35. The zero-order valence-electron chi connectivity index (χ0n) is 8.50. The van der Waals surface area contributed by atoms with Crippen molar-refractivity contribution in [3.05, 3.63) is 6.92 Å². The van der Waals surface area contributed by atoms with Crippen LogP contribution in [0.25, 0.3) is 0 Å². The third kappa shape index (κ3) is 4.07. The van der Waals surface area contributed by atoms with E-state index < -0.39 is 0 Å². The zero-order chi connectivity index (χ0) is 9.52. The molecule has 1 saturated heterocycles. The van der Waals surface area contributed by atoms with Crippen molar-refractivity contribution in [1.82, 2.24) is 4.90 Å². The first-order chi connectivity index (χ1) is 6.36. The Morgan fingerprint density at radius 3 is 3.15 bits per heavy atom.